The average Bonchev–Trinajstić information content (AvgIpc) is 2.93. The number of benzene rings is 3. The van der Waals surface area contributed by atoms with E-state index in [1.807, 2.05) is 18.2 Å². The van der Waals surface area contributed by atoms with Gasteiger partial charge in [0.05, 0.1) is 29.2 Å². The molecule has 196 valence electrons. The van der Waals surface area contributed by atoms with Gasteiger partial charge in [-0.2, -0.15) is 9.78 Å². The molecule has 0 unspecified atom stereocenters. The first-order valence-corrected chi connectivity index (χ1v) is 13.6. The smallest absolute Gasteiger partial charge is 0.282 e. The zero-order chi connectivity index (χ0) is 26.6. The van der Waals surface area contributed by atoms with E-state index in [-0.39, 0.29) is 18.1 Å². The number of hydrogen-bond acceptors (Lipinski definition) is 5. The summed E-state index contributed by atoms with van der Waals surface area (Å²) in [7, 11) is 1.54. The van der Waals surface area contributed by atoms with Gasteiger partial charge in [0, 0.05) is 21.5 Å². The molecule has 0 bridgehead atoms. The summed E-state index contributed by atoms with van der Waals surface area (Å²) in [6, 6.07) is 16.1. The van der Waals surface area contributed by atoms with Crippen LogP contribution < -0.4 is 15.0 Å². The molecule has 1 saturated carbocycles. The van der Waals surface area contributed by atoms with E-state index in [9.17, 15) is 4.79 Å². The second-order valence-electron chi connectivity index (χ2n) is 9.24. The monoisotopic (exact) mass is 569 g/mol. The van der Waals surface area contributed by atoms with E-state index in [0.717, 1.165) is 31.2 Å². The summed E-state index contributed by atoms with van der Waals surface area (Å²) in [5, 5.41) is 6.51. The van der Waals surface area contributed by atoms with Crippen LogP contribution in [0.2, 0.25) is 15.1 Å². The van der Waals surface area contributed by atoms with Crippen LogP contribution in [0.15, 0.2) is 64.5 Å². The molecule has 0 amide bonds. The lowest BCUT2D eigenvalue weighted by atomic mass is 9.88. The zero-order valence-corrected chi connectivity index (χ0v) is 23.1. The Bertz CT molecular complexity index is 1560. The SMILES string of the molecule is COc1cc(C=Nn2c(C3CCCCC3)nc3ccccc3c2=O)cc(Cl)c1OCc1ccc(Cl)cc1Cl. The Morgan fingerprint density at radius 2 is 1.82 bits per heavy atom. The van der Waals surface area contributed by atoms with Crippen LogP contribution in [-0.2, 0) is 6.61 Å². The highest BCUT2D eigenvalue weighted by Crippen LogP contribution is 2.37. The van der Waals surface area contributed by atoms with Gasteiger partial charge in [0.25, 0.3) is 5.56 Å². The lowest BCUT2D eigenvalue weighted by molar-refractivity contribution is 0.285. The molecule has 1 aromatic heterocycles. The minimum Gasteiger partial charge on any atom is -0.493 e. The zero-order valence-electron chi connectivity index (χ0n) is 20.8. The standard InChI is InChI=1S/C29H26Cl3N3O3/c1-37-26-14-18(13-24(32)27(26)38-17-20-11-12-21(30)15-23(20)31)16-33-35-28(19-7-3-2-4-8-19)34-25-10-6-5-9-22(25)29(35)36/h5-6,9-16,19H,2-4,7-8,17H2,1H3. The molecule has 3 aromatic carbocycles. The van der Waals surface area contributed by atoms with Gasteiger partial charge >= 0.3 is 0 Å². The van der Waals surface area contributed by atoms with E-state index in [1.54, 1.807) is 42.6 Å². The summed E-state index contributed by atoms with van der Waals surface area (Å²) < 4.78 is 12.9. The molecule has 0 radical (unpaired) electrons. The predicted octanol–water partition coefficient (Wildman–Crippen LogP) is 7.87. The lowest BCUT2D eigenvalue weighted by Crippen LogP contribution is -2.25. The van der Waals surface area contributed by atoms with Gasteiger partial charge in [0.2, 0.25) is 0 Å². The molecule has 9 heteroatoms. The fourth-order valence-corrected chi connectivity index (χ4v) is 5.48. The fraction of sp³-hybridized carbons (Fsp3) is 0.276. The van der Waals surface area contributed by atoms with Crippen molar-refractivity contribution in [3.05, 3.63) is 97.0 Å². The van der Waals surface area contributed by atoms with Gasteiger partial charge in [0.15, 0.2) is 11.5 Å². The molecule has 1 aliphatic carbocycles. The van der Waals surface area contributed by atoms with Crippen molar-refractivity contribution >= 4 is 51.9 Å². The molecule has 0 N–H and O–H groups in total. The fourth-order valence-electron chi connectivity index (χ4n) is 4.74. The molecule has 1 aliphatic rings. The van der Waals surface area contributed by atoms with Crippen LogP contribution in [-0.4, -0.2) is 23.0 Å². The quantitative estimate of drug-likeness (QED) is 0.212. The van der Waals surface area contributed by atoms with E-state index < -0.39 is 0 Å². The van der Waals surface area contributed by atoms with Gasteiger partial charge in [-0.25, -0.2) is 4.98 Å². The number of halogens is 3. The molecule has 5 rings (SSSR count). The third kappa shape index (κ3) is 5.68. The highest BCUT2D eigenvalue weighted by Gasteiger charge is 2.22. The van der Waals surface area contributed by atoms with Crippen molar-refractivity contribution in [3.8, 4) is 11.5 Å². The molecule has 0 aliphatic heterocycles. The van der Waals surface area contributed by atoms with E-state index in [4.69, 9.17) is 49.3 Å². The Balaban J connectivity index is 1.47. The van der Waals surface area contributed by atoms with Gasteiger partial charge in [-0.15, -0.1) is 0 Å². The Labute approximate surface area is 235 Å². The van der Waals surface area contributed by atoms with Gasteiger partial charge in [0.1, 0.15) is 12.4 Å². The normalized spacial score (nSPS) is 14.3. The van der Waals surface area contributed by atoms with Crippen molar-refractivity contribution in [1.82, 2.24) is 9.66 Å². The molecule has 1 fully saturated rings. The molecular formula is C29H26Cl3N3O3. The highest BCUT2D eigenvalue weighted by molar-refractivity contribution is 6.35. The Morgan fingerprint density at radius 3 is 2.58 bits per heavy atom. The molecular weight excluding hydrogens is 545 g/mol. The Hall–Kier alpha value is -3.06. The number of aromatic nitrogens is 2. The van der Waals surface area contributed by atoms with Crippen molar-refractivity contribution in [2.45, 2.75) is 44.6 Å². The summed E-state index contributed by atoms with van der Waals surface area (Å²) in [5.74, 6) is 1.69. The molecule has 38 heavy (non-hydrogen) atoms. The van der Waals surface area contributed by atoms with E-state index in [2.05, 4.69) is 5.10 Å². The van der Waals surface area contributed by atoms with Crippen molar-refractivity contribution < 1.29 is 9.47 Å². The number of hydrogen-bond donors (Lipinski definition) is 0. The summed E-state index contributed by atoms with van der Waals surface area (Å²) in [4.78, 5) is 18.3. The average molecular weight is 571 g/mol. The minimum absolute atomic E-state index is 0.183. The number of rotatable bonds is 7. The van der Waals surface area contributed by atoms with Crippen LogP contribution >= 0.6 is 34.8 Å². The maximum Gasteiger partial charge on any atom is 0.282 e. The van der Waals surface area contributed by atoms with Crippen LogP contribution in [0.4, 0.5) is 0 Å². The van der Waals surface area contributed by atoms with Gasteiger partial charge in [-0.1, -0.05) is 72.3 Å². The van der Waals surface area contributed by atoms with Crippen LogP contribution in [0.5, 0.6) is 11.5 Å². The number of methoxy groups -OCH3 is 1. The van der Waals surface area contributed by atoms with Crippen LogP contribution in [0, 0.1) is 0 Å². The molecule has 0 atom stereocenters. The maximum atomic E-state index is 13.4. The summed E-state index contributed by atoms with van der Waals surface area (Å²) in [6.07, 6.45) is 7.01. The molecule has 1 heterocycles. The van der Waals surface area contributed by atoms with E-state index in [1.165, 1.54) is 18.2 Å². The molecule has 4 aromatic rings. The molecule has 0 saturated heterocycles. The van der Waals surface area contributed by atoms with E-state index >= 15 is 0 Å². The number of ether oxygens (including phenoxy) is 2. The second-order valence-corrected chi connectivity index (χ2v) is 10.5. The van der Waals surface area contributed by atoms with Crippen LogP contribution in [0.25, 0.3) is 10.9 Å². The predicted molar refractivity (Wildman–Crippen MR) is 154 cm³/mol. The Kier molecular flexibility index (Phi) is 8.22. The van der Waals surface area contributed by atoms with Crippen molar-refractivity contribution in [1.29, 1.82) is 0 Å². The summed E-state index contributed by atoms with van der Waals surface area (Å²) in [6.45, 7) is 0.183. The lowest BCUT2D eigenvalue weighted by Gasteiger charge is -2.22. The molecule has 6 nitrogen and oxygen atoms in total. The number of para-hydroxylation sites is 1. The van der Waals surface area contributed by atoms with Crippen molar-refractivity contribution in [3.63, 3.8) is 0 Å². The van der Waals surface area contributed by atoms with E-state index in [0.29, 0.717) is 48.9 Å². The maximum absolute atomic E-state index is 13.4. The largest absolute Gasteiger partial charge is 0.493 e. The van der Waals surface area contributed by atoms with Gasteiger partial charge in [-0.3, -0.25) is 4.79 Å². The summed E-state index contributed by atoms with van der Waals surface area (Å²) in [5.41, 5.74) is 1.92. The van der Waals surface area contributed by atoms with Crippen LogP contribution in [0.1, 0.15) is 55.0 Å². The summed E-state index contributed by atoms with van der Waals surface area (Å²) >= 11 is 18.8. The Morgan fingerprint density at radius 1 is 1.03 bits per heavy atom. The second kappa shape index (κ2) is 11.8. The van der Waals surface area contributed by atoms with Gasteiger partial charge in [-0.05, 0) is 54.8 Å². The minimum atomic E-state index is -0.190. The molecule has 0 spiro atoms. The topological polar surface area (TPSA) is 65.7 Å². The first-order chi connectivity index (χ1) is 18.4. The van der Waals surface area contributed by atoms with Gasteiger partial charge < -0.3 is 9.47 Å². The van der Waals surface area contributed by atoms with Crippen molar-refractivity contribution in [2.24, 2.45) is 5.10 Å². The third-order valence-electron chi connectivity index (χ3n) is 6.71. The van der Waals surface area contributed by atoms with Crippen LogP contribution in [0.3, 0.4) is 0 Å². The number of fused-ring (bicyclic) bond motifs is 1. The first kappa shape index (κ1) is 26.5. The third-order valence-corrected chi connectivity index (χ3v) is 7.58. The first-order valence-electron chi connectivity index (χ1n) is 12.4. The number of nitrogens with zero attached hydrogens (tertiary/aromatic N) is 3. The van der Waals surface area contributed by atoms with Crippen molar-refractivity contribution in [2.75, 3.05) is 7.11 Å². The highest BCUT2D eigenvalue weighted by atomic mass is 35.5.